The molecule has 36 heavy (non-hydrogen) atoms. The molecule has 0 radical (unpaired) electrons. The van der Waals surface area contributed by atoms with Crippen LogP contribution in [0, 0.1) is 17.6 Å². The van der Waals surface area contributed by atoms with Gasteiger partial charge in [0.2, 0.25) is 0 Å². The predicted octanol–water partition coefficient (Wildman–Crippen LogP) is 6.16. The Bertz CT molecular complexity index is 1280. The van der Waals surface area contributed by atoms with Crippen LogP contribution in [-0.2, 0) is 0 Å². The summed E-state index contributed by atoms with van der Waals surface area (Å²) in [5.74, 6) is -0.383. The quantitative estimate of drug-likeness (QED) is 0.431. The first kappa shape index (κ1) is 24.1. The molecule has 3 aromatic carbocycles. The van der Waals surface area contributed by atoms with Gasteiger partial charge in [0.15, 0.2) is 0 Å². The molecule has 0 spiro atoms. The van der Waals surface area contributed by atoms with Gasteiger partial charge in [-0.2, -0.15) is 0 Å². The summed E-state index contributed by atoms with van der Waals surface area (Å²) in [5.41, 5.74) is 1.98. The van der Waals surface area contributed by atoms with Crippen molar-refractivity contribution in [3.05, 3.63) is 82.9 Å². The minimum absolute atomic E-state index is 0.0295. The summed E-state index contributed by atoms with van der Waals surface area (Å²) in [6.45, 7) is 7.65. The predicted molar refractivity (Wildman–Crippen MR) is 134 cm³/mol. The maximum absolute atomic E-state index is 15.0. The summed E-state index contributed by atoms with van der Waals surface area (Å²) < 4.78 is 42.1. The first-order valence-corrected chi connectivity index (χ1v) is 12.1. The third-order valence-electron chi connectivity index (χ3n) is 6.94. The van der Waals surface area contributed by atoms with Crippen LogP contribution in [0.3, 0.4) is 0 Å². The van der Waals surface area contributed by atoms with Crippen LogP contribution in [0.15, 0.2) is 54.6 Å². The van der Waals surface area contributed by atoms with Gasteiger partial charge in [0, 0.05) is 42.4 Å². The van der Waals surface area contributed by atoms with Gasteiger partial charge in [-0.15, -0.1) is 0 Å². The van der Waals surface area contributed by atoms with Crippen molar-refractivity contribution in [3.63, 3.8) is 0 Å². The molecule has 0 aromatic heterocycles. The monoisotopic (exact) mass is 493 g/mol. The average Bonchev–Trinajstić information content (AvgIpc) is 3.25. The lowest BCUT2D eigenvalue weighted by Gasteiger charge is -2.31. The molecule has 3 aromatic rings. The van der Waals surface area contributed by atoms with Crippen molar-refractivity contribution in [3.8, 4) is 23.0 Å². The molecule has 5 rings (SSSR count). The Morgan fingerprint density at radius 2 is 1.72 bits per heavy atom. The highest BCUT2D eigenvalue weighted by Gasteiger charge is 2.33. The number of hydrogen-bond acceptors (Lipinski definition) is 5. The van der Waals surface area contributed by atoms with Crippen molar-refractivity contribution in [1.29, 1.82) is 0 Å². The van der Waals surface area contributed by atoms with E-state index < -0.39 is 23.5 Å². The van der Waals surface area contributed by atoms with E-state index in [2.05, 4.69) is 11.8 Å². The number of fused-ring (bicyclic) bond motifs is 1. The molecule has 0 aliphatic carbocycles. The highest BCUT2D eigenvalue weighted by atomic mass is 19.1. The van der Waals surface area contributed by atoms with E-state index >= 15 is 8.78 Å². The Labute approximate surface area is 209 Å². The van der Waals surface area contributed by atoms with E-state index in [4.69, 9.17) is 9.47 Å². The standard InChI is InChI=1S/C29H29F2NO4/c1-17-9-10-32(16-17)11-12-35-22-6-3-19(4-7-22)29-27(28-24(30)13-21(34)14-25(28)31)18(2)23-8-5-20(33)15-26(23)36-29/h3-8,13-15,17,29,33-34H,9-12,16H2,1-2H3. The number of halogens is 2. The Balaban J connectivity index is 1.45. The molecule has 2 heterocycles. The molecule has 7 heteroatoms. The third-order valence-corrected chi connectivity index (χ3v) is 6.94. The van der Waals surface area contributed by atoms with E-state index in [1.807, 2.05) is 24.3 Å². The van der Waals surface area contributed by atoms with Gasteiger partial charge in [-0.1, -0.05) is 19.1 Å². The van der Waals surface area contributed by atoms with Crippen molar-refractivity contribution in [1.82, 2.24) is 4.90 Å². The second kappa shape index (κ2) is 9.82. The summed E-state index contributed by atoms with van der Waals surface area (Å²) in [7, 11) is 0. The van der Waals surface area contributed by atoms with Crippen LogP contribution in [0.4, 0.5) is 8.78 Å². The summed E-state index contributed by atoms with van der Waals surface area (Å²) in [4.78, 5) is 2.39. The lowest BCUT2D eigenvalue weighted by molar-refractivity contribution is 0.233. The zero-order valence-corrected chi connectivity index (χ0v) is 20.3. The highest BCUT2D eigenvalue weighted by molar-refractivity contribution is 5.96. The Morgan fingerprint density at radius 1 is 1.00 bits per heavy atom. The molecule has 2 aliphatic rings. The zero-order chi connectivity index (χ0) is 25.4. The second-order valence-corrected chi connectivity index (χ2v) is 9.61. The number of likely N-dealkylation sites (tertiary alicyclic amines) is 1. The van der Waals surface area contributed by atoms with Crippen LogP contribution < -0.4 is 9.47 Å². The first-order valence-electron chi connectivity index (χ1n) is 12.1. The van der Waals surface area contributed by atoms with E-state index in [9.17, 15) is 10.2 Å². The Morgan fingerprint density at radius 3 is 2.39 bits per heavy atom. The largest absolute Gasteiger partial charge is 0.508 e. The highest BCUT2D eigenvalue weighted by Crippen LogP contribution is 2.48. The molecule has 0 bridgehead atoms. The number of nitrogens with zero attached hydrogens (tertiary/aromatic N) is 1. The van der Waals surface area contributed by atoms with Crippen LogP contribution >= 0.6 is 0 Å². The van der Waals surface area contributed by atoms with Crippen LogP contribution in [0.25, 0.3) is 11.1 Å². The van der Waals surface area contributed by atoms with Crippen molar-refractivity contribution >= 4 is 11.1 Å². The number of hydrogen-bond donors (Lipinski definition) is 2. The van der Waals surface area contributed by atoms with Crippen LogP contribution in [0.5, 0.6) is 23.0 Å². The summed E-state index contributed by atoms with van der Waals surface area (Å²) in [6, 6.07) is 13.7. The number of allylic oxidation sites excluding steroid dienone is 1. The van der Waals surface area contributed by atoms with Gasteiger partial charge in [-0.25, -0.2) is 8.78 Å². The SMILES string of the molecule is CC1=C(c2c(F)cc(O)cc2F)C(c2ccc(OCCN3CCC(C)C3)cc2)Oc2cc(O)ccc21. The fourth-order valence-corrected chi connectivity index (χ4v) is 5.08. The number of benzene rings is 3. The maximum Gasteiger partial charge on any atom is 0.150 e. The van der Waals surface area contributed by atoms with Crippen molar-refractivity contribution < 1.29 is 28.5 Å². The molecular formula is C29H29F2NO4. The summed E-state index contributed by atoms with van der Waals surface area (Å²) >= 11 is 0. The molecule has 2 atom stereocenters. The maximum atomic E-state index is 15.0. The molecule has 188 valence electrons. The number of ether oxygens (including phenoxy) is 2. The van der Waals surface area contributed by atoms with Gasteiger partial charge in [0.25, 0.3) is 0 Å². The molecule has 1 fully saturated rings. The van der Waals surface area contributed by atoms with Crippen LogP contribution in [0.1, 0.15) is 43.1 Å². The smallest absolute Gasteiger partial charge is 0.150 e. The van der Waals surface area contributed by atoms with Gasteiger partial charge in [0.05, 0.1) is 5.56 Å². The van der Waals surface area contributed by atoms with Crippen molar-refractivity contribution in [2.24, 2.45) is 5.92 Å². The summed E-state index contributed by atoms with van der Waals surface area (Å²) in [5, 5.41) is 19.6. The molecule has 2 aliphatic heterocycles. The Kier molecular flexibility index (Phi) is 6.58. The molecule has 2 unspecified atom stereocenters. The van der Waals surface area contributed by atoms with E-state index in [0.29, 0.717) is 40.4 Å². The molecule has 0 saturated carbocycles. The number of phenols is 2. The molecule has 1 saturated heterocycles. The van der Waals surface area contributed by atoms with Gasteiger partial charge >= 0.3 is 0 Å². The topological polar surface area (TPSA) is 62.2 Å². The molecule has 5 nitrogen and oxygen atoms in total. The van der Waals surface area contributed by atoms with Gasteiger partial charge in [-0.05, 0) is 61.2 Å². The van der Waals surface area contributed by atoms with E-state index in [0.717, 1.165) is 37.7 Å². The lowest BCUT2D eigenvalue weighted by Crippen LogP contribution is -2.25. The molecular weight excluding hydrogens is 464 g/mol. The van der Waals surface area contributed by atoms with Gasteiger partial charge < -0.3 is 19.7 Å². The Hall–Kier alpha value is -3.58. The van der Waals surface area contributed by atoms with Gasteiger partial charge in [-0.3, -0.25) is 4.90 Å². The lowest BCUT2D eigenvalue weighted by atomic mass is 9.85. The number of rotatable bonds is 6. The number of phenolic OH excluding ortho intramolecular Hbond substituents is 2. The van der Waals surface area contributed by atoms with Crippen molar-refractivity contribution in [2.75, 3.05) is 26.2 Å². The third kappa shape index (κ3) is 4.75. The molecule has 2 N–H and O–H groups in total. The zero-order valence-electron chi connectivity index (χ0n) is 20.3. The van der Waals surface area contributed by atoms with E-state index in [1.54, 1.807) is 13.0 Å². The van der Waals surface area contributed by atoms with Crippen molar-refractivity contribution in [2.45, 2.75) is 26.4 Å². The number of aromatic hydroxyl groups is 2. The molecule has 0 amide bonds. The average molecular weight is 494 g/mol. The van der Waals surface area contributed by atoms with Crippen LogP contribution in [-0.4, -0.2) is 41.4 Å². The fraction of sp³-hybridized carbons (Fsp3) is 0.310. The minimum Gasteiger partial charge on any atom is -0.508 e. The fourth-order valence-electron chi connectivity index (χ4n) is 5.08. The van der Waals surface area contributed by atoms with E-state index in [1.165, 1.54) is 18.6 Å². The van der Waals surface area contributed by atoms with Crippen LogP contribution in [0.2, 0.25) is 0 Å². The normalized spacial score (nSPS) is 19.8. The minimum atomic E-state index is -0.881. The summed E-state index contributed by atoms with van der Waals surface area (Å²) in [6.07, 6.45) is 0.377. The van der Waals surface area contributed by atoms with Gasteiger partial charge in [0.1, 0.15) is 47.3 Å². The first-order chi connectivity index (χ1) is 17.3. The van der Waals surface area contributed by atoms with E-state index in [-0.39, 0.29) is 11.3 Å². The second-order valence-electron chi connectivity index (χ2n) is 9.61.